The van der Waals surface area contributed by atoms with E-state index in [9.17, 15) is 0 Å². The van der Waals surface area contributed by atoms with Crippen molar-refractivity contribution >= 4 is 10.9 Å². The van der Waals surface area contributed by atoms with Gasteiger partial charge in [0.15, 0.2) is 5.82 Å². The average molecular weight is 254 g/mol. The number of hydrogen-bond acceptors (Lipinski definition) is 4. The predicted molar refractivity (Wildman–Crippen MR) is 73.1 cm³/mol. The normalized spacial score (nSPS) is 10.9. The molecule has 1 N–H and O–H groups in total. The molecule has 3 aromatic rings. The van der Waals surface area contributed by atoms with Crippen molar-refractivity contribution in [1.29, 1.82) is 0 Å². The van der Waals surface area contributed by atoms with Gasteiger partial charge in [0.2, 0.25) is 0 Å². The van der Waals surface area contributed by atoms with Crippen molar-refractivity contribution in [3.63, 3.8) is 0 Å². The van der Waals surface area contributed by atoms with Gasteiger partial charge in [0, 0.05) is 16.6 Å². The second-order valence-corrected chi connectivity index (χ2v) is 4.40. The molecular weight excluding hydrogens is 240 g/mol. The molecule has 0 amide bonds. The summed E-state index contributed by atoms with van der Waals surface area (Å²) in [4.78, 5) is 8.94. The Morgan fingerprint density at radius 3 is 2.68 bits per heavy atom. The lowest BCUT2D eigenvalue weighted by Crippen LogP contribution is -1.93. The summed E-state index contributed by atoms with van der Waals surface area (Å²) in [5.41, 5.74) is 2.75. The third-order valence-electron chi connectivity index (χ3n) is 3.00. The van der Waals surface area contributed by atoms with E-state index in [1.807, 2.05) is 38.1 Å². The number of para-hydroxylation sites is 1. The number of hydrogen-bond donors (Lipinski definition) is 1. The minimum Gasteiger partial charge on any atom is -0.494 e. The van der Waals surface area contributed by atoms with E-state index < -0.39 is 0 Å². The van der Waals surface area contributed by atoms with E-state index in [2.05, 4.69) is 20.2 Å². The summed E-state index contributed by atoms with van der Waals surface area (Å²) in [6.07, 6.45) is 0. The van der Waals surface area contributed by atoms with Crippen LogP contribution < -0.4 is 4.74 Å². The van der Waals surface area contributed by atoms with E-state index in [0.717, 1.165) is 39.6 Å². The maximum absolute atomic E-state index is 5.37. The molecule has 19 heavy (non-hydrogen) atoms. The SMILES string of the molecule is COc1cccc2c(-c3nc(C)n[nH]3)cc(C)nc12. The van der Waals surface area contributed by atoms with Gasteiger partial charge in [-0.3, -0.25) is 5.10 Å². The van der Waals surface area contributed by atoms with Crippen LogP contribution in [-0.2, 0) is 0 Å². The van der Waals surface area contributed by atoms with E-state index in [4.69, 9.17) is 4.74 Å². The Balaban J connectivity index is 2.36. The first-order chi connectivity index (χ1) is 9.19. The summed E-state index contributed by atoms with van der Waals surface area (Å²) < 4.78 is 5.37. The smallest absolute Gasteiger partial charge is 0.156 e. The highest BCUT2D eigenvalue weighted by atomic mass is 16.5. The van der Waals surface area contributed by atoms with Gasteiger partial charge in [-0.1, -0.05) is 12.1 Å². The summed E-state index contributed by atoms with van der Waals surface area (Å²) in [5.74, 6) is 2.24. The van der Waals surface area contributed by atoms with Crippen LogP contribution in [0.2, 0.25) is 0 Å². The monoisotopic (exact) mass is 254 g/mol. The van der Waals surface area contributed by atoms with Crippen LogP contribution in [0.1, 0.15) is 11.5 Å². The number of fused-ring (bicyclic) bond motifs is 1. The van der Waals surface area contributed by atoms with Crippen molar-refractivity contribution in [3.05, 3.63) is 35.8 Å². The van der Waals surface area contributed by atoms with Gasteiger partial charge >= 0.3 is 0 Å². The highest BCUT2D eigenvalue weighted by molar-refractivity contribution is 5.96. The van der Waals surface area contributed by atoms with Crippen molar-refractivity contribution in [3.8, 4) is 17.1 Å². The summed E-state index contributed by atoms with van der Waals surface area (Å²) in [6.45, 7) is 3.81. The molecule has 96 valence electrons. The van der Waals surface area contributed by atoms with Crippen molar-refractivity contribution in [2.45, 2.75) is 13.8 Å². The lowest BCUT2D eigenvalue weighted by molar-refractivity contribution is 0.419. The maximum Gasteiger partial charge on any atom is 0.156 e. The Kier molecular flexibility index (Phi) is 2.67. The number of nitrogens with one attached hydrogen (secondary N) is 1. The van der Waals surface area contributed by atoms with E-state index in [-0.39, 0.29) is 0 Å². The van der Waals surface area contributed by atoms with Gasteiger partial charge in [-0.15, -0.1) is 0 Å². The minimum atomic E-state index is 0.723. The van der Waals surface area contributed by atoms with Gasteiger partial charge in [0.25, 0.3) is 0 Å². The first-order valence-corrected chi connectivity index (χ1v) is 6.03. The molecule has 0 unspecified atom stereocenters. The van der Waals surface area contributed by atoms with Crippen LogP contribution in [0.15, 0.2) is 24.3 Å². The number of nitrogens with zero attached hydrogens (tertiary/aromatic N) is 3. The molecule has 3 rings (SSSR count). The third-order valence-corrected chi connectivity index (χ3v) is 3.00. The third kappa shape index (κ3) is 1.93. The molecule has 0 fully saturated rings. The molecule has 0 saturated carbocycles. The number of rotatable bonds is 2. The summed E-state index contributed by atoms with van der Waals surface area (Å²) in [5, 5.41) is 8.03. The molecule has 0 spiro atoms. The topological polar surface area (TPSA) is 63.7 Å². The van der Waals surface area contributed by atoms with Crippen LogP contribution >= 0.6 is 0 Å². The van der Waals surface area contributed by atoms with Crippen LogP contribution in [0.4, 0.5) is 0 Å². The predicted octanol–water partition coefficient (Wildman–Crippen LogP) is 2.65. The maximum atomic E-state index is 5.37. The van der Waals surface area contributed by atoms with Gasteiger partial charge < -0.3 is 4.74 Å². The molecule has 0 bridgehead atoms. The number of aromatic amines is 1. The van der Waals surface area contributed by atoms with Crippen LogP contribution in [0.5, 0.6) is 5.75 Å². The molecule has 0 aliphatic carbocycles. The van der Waals surface area contributed by atoms with Crippen LogP contribution in [0, 0.1) is 13.8 Å². The molecule has 0 aliphatic heterocycles. The van der Waals surface area contributed by atoms with E-state index in [1.54, 1.807) is 7.11 Å². The highest BCUT2D eigenvalue weighted by Gasteiger charge is 2.12. The van der Waals surface area contributed by atoms with Crippen molar-refractivity contribution in [1.82, 2.24) is 20.2 Å². The van der Waals surface area contributed by atoms with Gasteiger partial charge in [-0.25, -0.2) is 9.97 Å². The Morgan fingerprint density at radius 1 is 1.16 bits per heavy atom. The number of aryl methyl sites for hydroxylation is 2. The first kappa shape index (κ1) is 11.6. The number of aromatic nitrogens is 4. The number of pyridine rings is 1. The van der Waals surface area contributed by atoms with E-state index >= 15 is 0 Å². The lowest BCUT2D eigenvalue weighted by atomic mass is 10.1. The highest BCUT2D eigenvalue weighted by Crippen LogP contribution is 2.31. The molecule has 0 aliphatic rings. The fourth-order valence-corrected chi connectivity index (χ4v) is 2.18. The standard InChI is InChI=1S/C14H14N4O/c1-8-7-11(14-16-9(2)17-18-14)10-5-4-6-12(19-3)13(10)15-8/h4-7H,1-3H3,(H,16,17,18). The van der Waals surface area contributed by atoms with E-state index in [0.29, 0.717) is 0 Å². The summed E-state index contributed by atoms with van der Waals surface area (Å²) >= 11 is 0. The van der Waals surface area contributed by atoms with Gasteiger partial charge in [0.1, 0.15) is 17.1 Å². The Hall–Kier alpha value is -2.43. The summed E-state index contributed by atoms with van der Waals surface area (Å²) in [7, 11) is 1.65. The van der Waals surface area contributed by atoms with Crippen LogP contribution in [-0.4, -0.2) is 27.3 Å². The largest absolute Gasteiger partial charge is 0.494 e. The van der Waals surface area contributed by atoms with Crippen LogP contribution in [0.3, 0.4) is 0 Å². The van der Waals surface area contributed by atoms with Crippen LogP contribution in [0.25, 0.3) is 22.3 Å². The molecule has 0 atom stereocenters. The fourth-order valence-electron chi connectivity index (χ4n) is 2.18. The number of benzene rings is 1. The first-order valence-electron chi connectivity index (χ1n) is 6.03. The second-order valence-electron chi connectivity index (χ2n) is 4.40. The average Bonchev–Trinajstić information content (AvgIpc) is 2.83. The Morgan fingerprint density at radius 2 is 2.00 bits per heavy atom. The molecular formula is C14H14N4O. The van der Waals surface area contributed by atoms with Gasteiger partial charge in [0.05, 0.1) is 7.11 Å². The number of H-pyrrole nitrogens is 1. The zero-order valence-corrected chi connectivity index (χ0v) is 11.1. The zero-order chi connectivity index (χ0) is 13.4. The van der Waals surface area contributed by atoms with Crippen molar-refractivity contribution in [2.24, 2.45) is 0 Å². The minimum absolute atomic E-state index is 0.723. The van der Waals surface area contributed by atoms with Gasteiger partial charge in [-0.05, 0) is 26.0 Å². The molecule has 2 heterocycles. The number of ether oxygens (including phenoxy) is 1. The molecule has 0 saturated heterocycles. The Bertz CT molecular complexity index is 748. The van der Waals surface area contributed by atoms with Crippen molar-refractivity contribution < 1.29 is 4.74 Å². The molecule has 5 heteroatoms. The van der Waals surface area contributed by atoms with Gasteiger partial charge in [-0.2, -0.15) is 5.10 Å². The molecule has 1 aromatic carbocycles. The fraction of sp³-hybridized carbons (Fsp3) is 0.214. The zero-order valence-electron chi connectivity index (χ0n) is 11.1. The van der Waals surface area contributed by atoms with E-state index in [1.165, 1.54) is 0 Å². The molecule has 0 radical (unpaired) electrons. The molecule has 2 aromatic heterocycles. The second kappa shape index (κ2) is 4.35. The quantitative estimate of drug-likeness (QED) is 0.763. The Labute approximate surface area is 110 Å². The lowest BCUT2D eigenvalue weighted by Gasteiger charge is -2.08. The summed E-state index contributed by atoms with van der Waals surface area (Å²) in [6, 6.07) is 7.87. The number of methoxy groups -OCH3 is 1. The molecule has 5 nitrogen and oxygen atoms in total. The van der Waals surface area contributed by atoms with Crippen molar-refractivity contribution in [2.75, 3.05) is 7.11 Å².